The van der Waals surface area contributed by atoms with E-state index < -0.39 is 0 Å². The van der Waals surface area contributed by atoms with E-state index in [0.717, 1.165) is 16.7 Å². The van der Waals surface area contributed by atoms with Crippen molar-refractivity contribution >= 4 is 22.6 Å². The number of rotatable bonds is 3. The molecule has 0 saturated heterocycles. The maximum Gasteiger partial charge on any atom is 0.152 e. The van der Waals surface area contributed by atoms with Gasteiger partial charge in [-0.25, -0.2) is 5.43 Å². The fraction of sp³-hybridized carbons (Fsp3) is 0.429. The highest BCUT2D eigenvalue weighted by Crippen LogP contribution is 2.38. The molecule has 1 atom stereocenters. The van der Waals surface area contributed by atoms with Crippen LogP contribution in [0.25, 0.3) is 11.0 Å². The first kappa shape index (κ1) is 12.0. The molecule has 0 bridgehead atoms. The van der Waals surface area contributed by atoms with Crippen molar-refractivity contribution in [2.45, 2.75) is 31.7 Å². The van der Waals surface area contributed by atoms with Crippen molar-refractivity contribution in [3.05, 3.63) is 35.0 Å². The molecule has 0 amide bonds. The molecule has 1 aromatic carbocycles. The molecule has 1 fully saturated rings. The van der Waals surface area contributed by atoms with E-state index in [1.165, 1.54) is 25.7 Å². The predicted molar refractivity (Wildman–Crippen MR) is 73.2 cm³/mol. The molecule has 4 heteroatoms. The molecule has 3 nitrogen and oxygen atoms in total. The topological polar surface area (TPSA) is 51.2 Å². The first-order chi connectivity index (χ1) is 8.79. The Labute approximate surface area is 111 Å². The zero-order valence-corrected chi connectivity index (χ0v) is 10.9. The highest BCUT2D eigenvalue weighted by atomic mass is 35.5. The quantitative estimate of drug-likeness (QED) is 0.655. The second-order valence-corrected chi connectivity index (χ2v) is 5.40. The van der Waals surface area contributed by atoms with Gasteiger partial charge in [0, 0.05) is 5.39 Å². The molecule has 3 rings (SSSR count). The summed E-state index contributed by atoms with van der Waals surface area (Å²) in [6.07, 6.45) is 4.98. The summed E-state index contributed by atoms with van der Waals surface area (Å²) in [7, 11) is 0. The number of benzene rings is 1. The lowest BCUT2D eigenvalue weighted by atomic mass is 9.96. The Morgan fingerprint density at radius 2 is 2.11 bits per heavy atom. The predicted octanol–water partition coefficient (Wildman–Crippen LogP) is 3.78. The number of hydrogen-bond acceptors (Lipinski definition) is 3. The summed E-state index contributed by atoms with van der Waals surface area (Å²) in [6.45, 7) is 0. The summed E-state index contributed by atoms with van der Waals surface area (Å²) in [5.41, 5.74) is 3.66. The Bertz CT molecular complexity index is 546. The number of hydrazine groups is 1. The van der Waals surface area contributed by atoms with Crippen LogP contribution in [-0.2, 0) is 0 Å². The van der Waals surface area contributed by atoms with Gasteiger partial charge < -0.3 is 4.42 Å². The third-order valence-electron chi connectivity index (χ3n) is 3.87. The van der Waals surface area contributed by atoms with Crippen molar-refractivity contribution < 1.29 is 4.42 Å². The van der Waals surface area contributed by atoms with Gasteiger partial charge in [0.05, 0.1) is 11.1 Å². The maximum absolute atomic E-state index is 6.13. The summed E-state index contributed by atoms with van der Waals surface area (Å²) in [5, 5.41) is 1.69. The molecule has 1 aromatic heterocycles. The van der Waals surface area contributed by atoms with Gasteiger partial charge in [-0.15, -0.1) is 0 Å². The van der Waals surface area contributed by atoms with Crippen LogP contribution in [0.2, 0.25) is 5.02 Å². The fourth-order valence-electron chi connectivity index (χ4n) is 2.94. The molecule has 96 valence electrons. The Kier molecular flexibility index (Phi) is 3.29. The number of hydrogen-bond donors (Lipinski definition) is 2. The standard InChI is InChI=1S/C14H17ClN2O/c15-11-7-3-6-10-8-12(18-14(10)11)13(17-16)9-4-1-2-5-9/h3,6-9,13,17H,1-2,4-5,16H2. The number of fused-ring (bicyclic) bond motifs is 1. The lowest BCUT2D eigenvalue weighted by Gasteiger charge is -2.19. The van der Waals surface area contributed by atoms with Crippen molar-refractivity contribution in [3.63, 3.8) is 0 Å². The number of para-hydroxylation sites is 1. The van der Waals surface area contributed by atoms with E-state index >= 15 is 0 Å². The molecule has 3 N–H and O–H groups in total. The molecule has 1 unspecified atom stereocenters. The van der Waals surface area contributed by atoms with Crippen molar-refractivity contribution in [2.75, 3.05) is 0 Å². The lowest BCUT2D eigenvalue weighted by Crippen LogP contribution is -2.32. The first-order valence-corrected chi connectivity index (χ1v) is 6.81. The van der Waals surface area contributed by atoms with E-state index in [1.807, 2.05) is 24.3 Å². The van der Waals surface area contributed by atoms with E-state index in [2.05, 4.69) is 5.43 Å². The smallest absolute Gasteiger partial charge is 0.152 e. The van der Waals surface area contributed by atoms with Crippen molar-refractivity contribution in [3.8, 4) is 0 Å². The van der Waals surface area contributed by atoms with E-state index in [4.69, 9.17) is 21.9 Å². The number of halogens is 1. The minimum absolute atomic E-state index is 0.0935. The minimum Gasteiger partial charge on any atom is -0.458 e. The number of furan rings is 1. The van der Waals surface area contributed by atoms with Crippen LogP contribution in [0.1, 0.15) is 37.5 Å². The summed E-state index contributed by atoms with van der Waals surface area (Å²) in [6, 6.07) is 7.93. The van der Waals surface area contributed by atoms with Crippen molar-refractivity contribution in [1.29, 1.82) is 0 Å². The highest BCUT2D eigenvalue weighted by Gasteiger charge is 2.28. The molecule has 1 saturated carbocycles. The Balaban J connectivity index is 1.99. The zero-order chi connectivity index (χ0) is 12.5. The molecule has 18 heavy (non-hydrogen) atoms. The molecular formula is C14H17ClN2O. The number of nitrogens with two attached hydrogens (primary N) is 1. The second-order valence-electron chi connectivity index (χ2n) is 5.00. The van der Waals surface area contributed by atoms with Gasteiger partial charge in [0.1, 0.15) is 5.76 Å². The van der Waals surface area contributed by atoms with Crippen molar-refractivity contribution in [2.24, 2.45) is 11.8 Å². The summed E-state index contributed by atoms with van der Waals surface area (Å²) in [4.78, 5) is 0. The minimum atomic E-state index is 0.0935. The lowest BCUT2D eigenvalue weighted by molar-refractivity contribution is 0.323. The summed E-state index contributed by atoms with van der Waals surface area (Å²) in [5.74, 6) is 7.16. The van der Waals surface area contributed by atoms with Gasteiger partial charge in [0.25, 0.3) is 0 Å². The first-order valence-electron chi connectivity index (χ1n) is 6.43. The SMILES string of the molecule is NNC(c1cc2cccc(Cl)c2o1)C1CCCC1. The summed E-state index contributed by atoms with van der Waals surface area (Å²) < 4.78 is 5.89. The average Bonchev–Trinajstić information content (AvgIpc) is 3.00. The van der Waals surface area contributed by atoms with Gasteiger partial charge >= 0.3 is 0 Å². The van der Waals surface area contributed by atoms with E-state index in [1.54, 1.807) is 0 Å². The highest BCUT2D eigenvalue weighted by molar-refractivity contribution is 6.34. The van der Waals surface area contributed by atoms with Gasteiger partial charge in [0.15, 0.2) is 5.58 Å². The van der Waals surface area contributed by atoms with Gasteiger partial charge in [-0.1, -0.05) is 36.6 Å². The Morgan fingerprint density at radius 3 is 2.78 bits per heavy atom. The normalized spacial score (nSPS) is 18.6. The van der Waals surface area contributed by atoms with E-state index in [9.17, 15) is 0 Å². The van der Waals surface area contributed by atoms with E-state index in [0.29, 0.717) is 10.9 Å². The summed E-state index contributed by atoms with van der Waals surface area (Å²) >= 11 is 6.13. The molecule has 1 aliphatic rings. The largest absolute Gasteiger partial charge is 0.458 e. The average molecular weight is 265 g/mol. The Morgan fingerprint density at radius 1 is 1.33 bits per heavy atom. The second kappa shape index (κ2) is 4.92. The van der Waals surface area contributed by atoms with E-state index in [-0.39, 0.29) is 6.04 Å². The molecule has 1 heterocycles. The molecule has 2 aromatic rings. The van der Waals surface area contributed by atoms with Crippen LogP contribution < -0.4 is 11.3 Å². The van der Waals surface area contributed by atoms with Gasteiger partial charge in [-0.05, 0) is 30.9 Å². The third kappa shape index (κ3) is 2.03. The molecule has 1 aliphatic carbocycles. The fourth-order valence-corrected chi connectivity index (χ4v) is 3.16. The van der Waals surface area contributed by atoms with Gasteiger partial charge in [-0.3, -0.25) is 5.84 Å². The van der Waals surface area contributed by atoms with Crippen LogP contribution in [-0.4, -0.2) is 0 Å². The molecule has 0 aliphatic heterocycles. The molecular weight excluding hydrogens is 248 g/mol. The van der Waals surface area contributed by atoms with Crippen LogP contribution in [0.4, 0.5) is 0 Å². The van der Waals surface area contributed by atoms with Crippen molar-refractivity contribution in [1.82, 2.24) is 5.43 Å². The third-order valence-corrected chi connectivity index (χ3v) is 4.17. The van der Waals surface area contributed by atoms with Gasteiger partial charge in [-0.2, -0.15) is 0 Å². The molecule has 0 radical (unpaired) electrons. The van der Waals surface area contributed by atoms with Crippen LogP contribution >= 0.6 is 11.6 Å². The monoisotopic (exact) mass is 264 g/mol. The molecule has 0 spiro atoms. The Hall–Kier alpha value is -1.03. The van der Waals surface area contributed by atoms with Crippen LogP contribution in [0, 0.1) is 5.92 Å². The van der Waals surface area contributed by atoms with Crippen LogP contribution in [0.5, 0.6) is 0 Å². The zero-order valence-electron chi connectivity index (χ0n) is 10.2. The van der Waals surface area contributed by atoms with Crippen LogP contribution in [0.3, 0.4) is 0 Å². The number of nitrogens with one attached hydrogen (secondary N) is 1. The maximum atomic E-state index is 6.13. The van der Waals surface area contributed by atoms with Gasteiger partial charge in [0.2, 0.25) is 0 Å². The van der Waals surface area contributed by atoms with Crippen LogP contribution in [0.15, 0.2) is 28.7 Å².